The van der Waals surface area contributed by atoms with Crippen molar-refractivity contribution in [1.29, 1.82) is 5.26 Å². The summed E-state index contributed by atoms with van der Waals surface area (Å²) in [6, 6.07) is 15.1. The Balaban J connectivity index is 1.90. The number of benzene rings is 2. The minimum atomic E-state index is -1.02. The number of furan rings is 1. The Morgan fingerprint density at radius 3 is 2.61 bits per heavy atom. The number of carbonyl (C=O) groups is 1. The molecule has 2 N–H and O–H groups in total. The first-order valence-electron chi connectivity index (χ1n) is 8.87. The monoisotopic (exact) mass is 376 g/mol. The van der Waals surface area contributed by atoms with E-state index in [9.17, 15) is 9.90 Å². The highest BCUT2D eigenvalue weighted by Crippen LogP contribution is 2.31. The lowest BCUT2D eigenvalue weighted by Crippen LogP contribution is -2.21. The molecule has 0 aliphatic carbocycles. The van der Waals surface area contributed by atoms with Crippen molar-refractivity contribution in [2.45, 2.75) is 26.0 Å². The van der Waals surface area contributed by atoms with Crippen LogP contribution in [0.25, 0.3) is 0 Å². The molecule has 0 saturated carbocycles. The van der Waals surface area contributed by atoms with Gasteiger partial charge >= 0.3 is 5.97 Å². The van der Waals surface area contributed by atoms with Crippen molar-refractivity contribution in [3.05, 3.63) is 83.3 Å². The Hall–Kier alpha value is -3.72. The number of carboxylic acids is 1. The van der Waals surface area contributed by atoms with E-state index < -0.39 is 12.0 Å². The van der Waals surface area contributed by atoms with E-state index in [-0.39, 0.29) is 6.61 Å². The fourth-order valence-electron chi connectivity index (χ4n) is 2.79. The third kappa shape index (κ3) is 4.51. The molecule has 6 nitrogen and oxygen atoms in total. The molecule has 0 aliphatic rings. The lowest BCUT2D eigenvalue weighted by Gasteiger charge is -2.20. The Morgan fingerprint density at radius 2 is 2.00 bits per heavy atom. The molecule has 1 unspecified atom stereocenters. The second-order valence-corrected chi connectivity index (χ2v) is 6.25. The summed E-state index contributed by atoms with van der Waals surface area (Å²) >= 11 is 0. The van der Waals surface area contributed by atoms with Gasteiger partial charge in [0.25, 0.3) is 0 Å². The molecular formula is C22H20N2O4. The van der Waals surface area contributed by atoms with Gasteiger partial charge < -0.3 is 19.6 Å². The van der Waals surface area contributed by atoms with E-state index in [2.05, 4.69) is 5.32 Å². The molecule has 3 rings (SSSR count). The zero-order valence-corrected chi connectivity index (χ0v) is 15.4. The zero-order chi connectivity index (χ0) is 19.9. The van der Waals surface area contributed by atoms with Crippen molar-refractivity contribution < 1.29 is 19.1 Å². The topological polar surface area (TPSA) is 95.5 Å². The molecule has 28 heavy (non-hydrogen) atoms. The molecular weight excluding hydrogens is 356 g/mol. The van der Waals surface area contributed by atoms with Crippen molar-refractivity contribution in [1.82, 2.24) is 0 Å². The number of hydrogen-bond acceptors (Lipinski definition) is 5. The van der Waals surface area contributed by atoms with Crippen molar-refractivity contribution in [2.75, 3.05) is 5.32 Å². The van der Waals surface area contributed by atoms with Gasteiger partial charge in [-0.2, -0.15) is 5.26 Å². The number of nitrogens with zero attached hydrogens (tertiary/aromatic N) is 1. The normalized spacial score (nSPS) is 11.4. The summed E-state index contributed by atoms with van der Waals surface area (Å²) in [6.07, 6.45) is 3.92. The van der Waals surface area contributed by atoms with E-state index >= 15 is 0 Å². The van der Waals surface area contributed by atoms with Gasteiger partial charge in [-0.15, -0.1) is 0 Å². The summed E-state index contributed by atoms with van der Waals surface area (Å²) in [5, 5.41) is 21.8. The predicted molar refractivity (Wildman–Crippen MR) is 104 cm³/mol. The SMILES string of the molecule is CCc1ccc(OCc2ccoc2)c(C(Nc2ccc(C#N)cc2)C(=O)O)c1. The van der Waals surface area contributed by atoms with Crippen LogP contribution in [0.2, 0.25) is 0 Å². The molecule has 0 bridgehead atoms. The average Bonchev–Trinajstić information content (AvgIpc) is 3.24. The molecule has 0 spiro atoms. The predicted octanol–water partition coefficient (Wildman–Crippen LogP) is 4.53. The molecule has 0 radical (unpaired) electrons. The second-order valence-electron chi connectivity index (χ2n) is 6.25. The number of hydrogen-bond donors (Lipinski definition) is 2. The van der Waals surface area contributed by atoms with Gasteiger partial charge in [-0.05, 0) is 54.4 Å². The highest BCUT2D eigenvalue weighted by Gasteiger charge is 2.24. The summed E-state index contributed by atoms with van der Waals surface area (Å²) in [5.41, 5.74) is 3.53. The van der Waals surface area contributed by atoms with Crippen LogP contribution in [0.15, 0.2) is 65.5 Å². The lowest BCUT2D eigenvalue weighted by molar-refractivity contribution is -0.138. The van der Waals surface area contributed by atoms with Gasteiger partial charge in [0, 0.05) is 16.8 Å². The van der Waals surface area contributed by atoms with Crippen LogP contribution in [0.4, 0.5) is 5.69 Å². The molecule has 6 heteroatoms. The van der Waals surface area contributed by atoms with Crippen LogP contribution in [0.3, 0.4) is 0 Å². The van der Waals surface area contributed by atoms with E-state index in [4.69, 9.17) is 14.4 Å². The van der Waals surface area contributed by atoms with Gasteiger partial charge in [-0.1, -0.05) is 13.0 Å². The number of ether oxygens (including phenoxy) is 1. The number of anilines is 1. The Kier molecular flexibility index (Phi) is 5.97. The maximum atomic E-state index is 12.0. The molecule has 3 aromatic rings. The van der Waals surface area contributed by atoms with Gasteiger partial charge in [0.05, 0.1) is 24.2 Å². The number of rotatable bonds is 8. The maximum Gasteiger partial charge on any atom is 0.330 e. The van der Waals surface area contributed by atoms with Gasteiger partial charge in [-0.3, -0.25) is 0 Å². The Morgan fingerprint density at radius 1 is 1.21 bits per heavy atom. The number of aliphatic carboxylic acids is 1. The van der Waals surface area contributed by atoms with Crippen molar-refractivity contribution in [3.8, 4) is 11.8 Å². The first kappa shape index (κ1) is 19.1. The Bertz CT molecular complexity index is 973. The number of nitriles is 1. The Labute approximate surface area is 163 Å². The molecule has 142 valence electrons. The van der Waals surface area contributed by atoms with Gasteiger partial charge in [0.2, 0.25) is 0 Å². The second kappa shape index (κ2) is 8.78. The fraction of sp³-hybridized carbons (Fsp3) is 0.182. The molecule has 0 fully saturated rings. The standard InChI is InChI=1S/C22H20N2O4/c1-2-15-5-8-20(28-14-17-9-10-27-13-17)19(11-15)21(22(25)26)24-18-6-3-16(12-23)4-7-18/h3-11,13,21,24H,2,14H2,1H3,(H,25,26). The molecule has 0 amide bonds. The van der Waals surface area contributed by atoms with Crippen LogP contribution < -0.4 is 10.1 Å². The minimum Gasteiger partial charge on any atom is -0.488 e. The van der Waals surface area contributed by atoms with Crippen LogP contribution in [0.5, 0.6) is 5.75 Å². The van der Waals surface area contributed by atoms with Crippen molar-refractivity contribution in [3.63, 3.8) is 0 Å². The van der Waals surface area contributed by atoms with Gasteiger partial charge in [0.15, 0.2) is 6.04 Å². The van der Waals surface area contributed by atoms with Gasteiger partial charge in [0.1, 0.15) is 12.4 Å². The average molecular weight is 376 g/mol. The summed E-state index contributed by atoms with van der Waals surface area (Å²) in [6.45, 7) is 2.28. The third-order valence-electron chi connectivity index (χ3n) is 4.34. The summed E-state index contributed by atoms with van der Waals surface area (Å²) < 4.78 is 10.9. The van der Waals surface area contributed by atoms with Crippen LogP contribution in [-0.4, -0.2) is 11.1 Å². The van der Waals surface area contributed by atoms with E-state index in [0.29, 0.717) is 22.6 Å². The van der Waals surface area contributed by atoms with Crippen molar-refractivity contribution in [2.24, 2.45) is 0 Å². The molecule has 0 aliphatic heterocycles. The quantitative estimate of drug-likeness (QED) is 0.600. The van der Waals surface area contributed by atoms with Crippen LogP contribution in [0, 0.1) is 11.3 Å². The smallest absolute Gasteiger partial charge is 0.330 e. The van der Waals surface area contributed by atoms with Crippen molar-refractivity contribution >= 4 is 11.7 Å². The van der Waals surface area contributed by atoms with E-state index in [1.54, 1.807) is 48.9 Å². The fourth-order valence-corrected chi connectivity index (χ4v) is 2.79. The largest absolute Gasteiger partial charge is 0.488 e. The molecule has 1 aromatic heterocycles. The zero-order valence-electron chi connectivity index (χ0n) is 15.4. The highest BCUT2D eigenvalue weighted by molar-refractivity contribution is 5.80. The molecule has 0 saturated heterocycles. The minimum absolute atomic E-state index is 0.276. The number of carboxylic acid groups (broad SMARTS) is 1. The van der Waals surface area contributed by atoms with Crippen LogP contribution in [-0.2, 0) is 17.8 Å². The molecule has 1 atom stereocenters. The first-order chi connectivity index (χ1) is 13.6. The van der Waals surface area contributed by atoms with E-state index in [1.807, 2.05) is 25.1 Å². The lowest BCUT2D eigenvalue weighted by atomic mass is 10.0. The molecule has 2 aromatic carbocycles. The van der Waals surface area contributed by atoms with Gasteiger partial charge in [-0.25, -0.2) is 4.79 Å². The van der Waals surface area contributed by atoms with E-state index in [1.165, 1.54) is 0 Å². The van der Waals surface area contributed by atoms with Crippen LogP contribution in [0.1, 0.15) is 35.2 Å². The van der Waals surface area contributed by atoms with E-state index in [0.717, 1.165) is 17.5 Å². The third-order valence-corrected chi connectivity index (χ3v) is 4.34. The van der Waals surface area contributed by atoms with Crippen LogP contribution >= 0.6 is 0 Å². The summed E-state index contributed by atoms with van der Waals surface area (Å²) in [5.74, 6) is -0.530. The number of nitrogens with one attached hydrogen (secondary N) is 1. The maximum absolute atomic E-state index is 12.0. The summed E-state index contributed by atoms with van der Waals surface area (Å²) in [7, 11) is 0. The highest BCUT2D eigenvalue weighted by atomic mass is 16.5. The molecule has 1 heterocycles. The number of aryl methyl sites for hydroxylation is 1. The first-order valence-corrected chi connectivity index (χ1v) is 8.87. The summed E-state index contributed by atoms with van der Waals surface area (Å²) in [4.78, 5) is 12.0.